The molecule has 1 fully saturated rings. The van der Waals surface area contributed by atoms with Gasteiger partial charge in [0.05, 0.1) is 19.1 Å². The number of rotatable bonds is 21. The van der Waals surface area contributed by atoms with Gasteiger partial charge in [0.15, 0.2) is 18.5 Å². The first kappa shape index (κ1) is 45.5. The molecule has 6 atom stereocenters. The molecule has 0 spiro atoms. The molecule has 4 rings (SSSR count). The number of hydrogen-bond acceptors (Lipinski definition) is 10. The summed E-state index contributed by atoms with van der Waals surface area (Å²) in [6.45, 7) is 15.7. The highest BCUT2D eigenvalue weighted by atomic mass is 28.4. The van der Waals surface area contributed by atoms with Crippen LogP contribution in [0.1, 0.15) is 108 Å². The van der Waals surface area contributed by atoms with Crippen molar-refractivity contribution in [3.63, 3.8) is 0 Å². The Kier molecular flexibility index (Phi) is 17.8. The van der Waals surface area contributed by atoms with Crippen molar-refractivity contribution in [2.75, 3.05) is 20.0 Å². The maximum Gasteiger partial charge on any atom is 0.509 e. The molecule has 3 aromatic carbocycles. The molecule has 1 saturated heterocycles. The Morgan fingerprint density at radius 1 is 0.759 bits per heavy atom. The van der Waals surface area contributed by atoms with Crippen LogP contribution in [0.15, 0.2) is 91.0 Å². The van der Waals surface area contributed by atoms with Gasteiger partial charge in [0.2, 0.25) is 0 Å². The summed E-state index contributed by atoms with van der Waals surface area (Å²) in [6.07, 6.45) is -0.334. The molecule has 0 aromatic heterocycles. The third kappa shape index (κ3) is 13.7. The summed E-state index contributed by atoms with van der Waals surface area (Å²) in [5.74, 6) is -1.37. The molecule has 0 radical (unpaired) electrons. The van der Waals surface area contributed by atoms with E-state index in [0.717, 1.165) is 48.0 Å². The summed E-state index contributed by atoms with van der Waals surface area (Å²) < 4.78 is 59.0. The van der Waals surface area contributed by atoms with E-state index >= 15 is 0 Å². The van der Waals surface area contributed by atoms with Gasteiger partial charge in [-0.2, -0.15) is 0 Å². The fraction of sp³-hybridized carbons (Fsp3) is 0.574. The Bertz CT molecular complexity index is 1610. The number of hydrogen-bond donors (Lipinski definition) is 0. The van der Waals surface area contributed by atoms with Crippen molar-refractivity contribution in [3.05, 3.63) is 96.6 Å². The lowest BCUT2D eigenvalue weighted by Gasteiger charge is -2.47. The first-order valence-corrected chi connectivity index (χ1v) is 22.8. The van der Waals surface area contributed by atoms with Crippen LogP contribution in [-0.4, -0.2) is 76.8 Å². The van der Waals surface area contributed by atoms with Crippen molar-refractivity contribution in [3.8, 4) is 0 Å². The number of ether oxygens (including phenoxy) is 7. The zero-order chi connectivity index (χ0) is 42.9. The van der Waals surface area contributed by atoms with E-state index in [2.05, 4.69) is 52.0 Å². The van der Waals surface area contributed by atoms with E-state index < -0.39 is 62.7 Å². The molecular weight excluding hydrogens is 753 g/mol. The lowest BCUT2D eigenvalue weighted by Crippen LogP contribution is -2.69. The van der Waals surface area contributed by atoms with Gasteiger partial charge < -0.3 is 37.6 Å². The number of esters is 1. The van der Waals surface area contributed by atoms with Gasteiger partial charge in [-0.25, -0.2) is 4.79 Å². The van der Waals surface area contributed by atoms with Gasteiger partial charge in [-0.3, -0.25) is 4.79 Å². The van der Waals surface area contributed by atoms with Gasteiger partial charge in [0.1, 0.15) is 24.6 Å². The van der Waals surface area contributed by atoms with E-state index in [-0.39, 0.29) is 31.9 Å². The molecule has 1 heterocycles. The van der Waals surface area contributed by atoms with Gasteiger partial charge in [-0.1, -0.05) is 165 Å². The van der Waals surface area contributed by atoms with Crippen LogP contribution < -0.4 is 10.4 Å². The quantitative estimate of drug-likeness (QED) is 0.0447. The van der Waals surface area contributed by atoms with Crippen LogP contribution >= 0.6 is 0 Å². The summed E-state index contributed by atoms with van der Waals surface area (Å²) in [6, 6.07) is 30.1. The second-order valence-electron chi connectivity index (χ2n) is 17.1. The zero-order valence-corrected chi connectivity index (χ0v) is 37.0. The molecule has 3 aromatic rings. The summed E-state index contributed by atoms with van der Waals surface area (Å²) in [4.78, 5) is 27.2. The summed E-state index contributed by atoms with van der Waals surface area (Å²) in [5, 5.41) is 1.76. The Hall–Kier alpha value is -3.58. The van der Waals surface area contributed by atoms with Crippen LogP contribution in [-0.2, 0) is 49.0 Å². The van der Waals surface area contributed by atoms with Crippen molar-refractivity contribution in [2.24, 2.45) is 5.92 Å². The minimum absolute atomic E-state index is 0.0265. The molecule has 2 unspecified atom stereocenters. The highest BCUT2D eigenvalue weighted by Crippen LogP contribution is 2.38. The molecule has 11 heteroatoms. The first-order valence-electron chi connectivity index (χ1n) is 21.6. The van der Waals surface area contributed by atoms with Crippen molar-refractivity contribution in [1.82, 2.24) is 0 Å². The average Bonchev–Trinajstić information content (AvgIpc) is 3.20. The van der Waals surface area contributed by atoms with E-state index in [1.165, 1.54) is 6.42 Å². The SMILES string of the molecule is [2H]CC(C)C(=O)O[C@H]1[C@H](OCOCc2ccccc2)[C@@H](OC(=O)OC(C)(C)C)C(OCCCCCCCC)O[C@@H]1CO[Si](c1ccccc1)(c1ccccc1)C(C)(C)C. The summed E-state index contributed by atoms with van der Waals surface area (Å²) in [5.41, 5.74) is 0.0756. The van der Waals surface area contributed by atoms with Gasteiger partial charge >= 0.3 is 12.1 Å². The molecule has 10 nitrogen and oxygen atoms in total. The monoisotopic (exact) mass is 821 g/mol. The Morgan fingerprint density at radius 3 is 1.91 bits per heavy atom. The minimum atomic E-state index is -3.12. The number of carbonyl (C=O) groups excluding carboxylic acids is 2. The fourth-order valence-electron chi connectivity index (χ4n) is 7.15. The smallest absolute Gasteiger partial charge is 0.456 e. The minimum Gasteiger partial charge on any atom is -0.456 e. The van der Waals surface area contributed by atoms with Gasteiger partial charge in [0.25, 0.3) is 8.32 Å². The van der Waals surface area contributed by atoms with Crippen LogP contribution in [0, 0.1) is 5.92 Å². The predicted molar refractivity (Wildman–Crippen MR) is 228 cm³/mol. The highest BCUT2D eigenvalue weighted by molar-refractivity contribution is 6.99. The highest BCUT2D eigenvalue weighted by Gasteiger charge is 2.55. The number of unbranched alkanes of at least 4 members (excludes halogenated alkanes) is 5. The lowest BCUT2D eigenvalue weighted by atomic mass is 9.98. The zero-order valence-electron chi connectivity index (χ0n) is 37.0. The third-order valence-corrected chi connectivity index (χ3v) is 15.0. The normalized spacial score (nSPS) is 20.8. The molecule has 1 aliphatic rings. The molecule has 320 valence electrons. The standard InChI is InChI=1S/C47H68O10Si/c1-10-11-12-13-14-24-31-51-44-42(56-45(49)57-46(4,5)6)41(52-34-50-32-36-25-18-15-19-26-36)40(55-43(48)35(2)3)39(54-44)33-53-58(47(7,8)9,37-27-20-16-21-28-37)38-29-22-17-23-30-38/h15-23,25-30,35,39-42,44H,10-14,24,31-34H2,1-9H3/t39-,40-,41+,42-,44?/m1/s1/i2D/t35?,39-,40-,41+,42-,44?. The molecule has 0 aliphatic carbocycles. The van der Waals surface area contributed by atoms with Crippen molar-refractivity contribution in [2.45, 2.75) is 149 Å². The Labute approximate surface area is 349 Å². The van der Waals surface area contributed by atoms with Crippen LogP contribution in [0.4, 0.5) is 4.79 Å². The van der Waals surface area contributed by atoms with Crippen molar-refractivity contribution < 1.29 is 48.5 Å². The molecule has 0 N–H and O–H groups in total. The van der Waals surface area contributed by atoms with Gasteiger partial charge in [-0.05, 0) is 48.2 Å². The van der Waals surface area contributed by atoms with E-state index in [0.29, 0.717) is 6.61 Å². The predicted octanol–water partition coefficient (Wildman–Crippen LogP) is 9.11. The molecular formula is C47H68O10Si. The molecule has 0 bridgehead atoms. The van der Waals surface area contributed by atoms with E-state index in [1.807, 2.05) is 66.7 Å². The number of carbonyl (C=O) groups is 2. The van der Waals surface area contributed by atoms with Crippen molar-refractivity contribution >= 4 is 30.8 Å². The van der Waals surface area contributed by atoms with Crippen LogP contribution in [0.2, 0.25) is 5.04 Å². The number of benzene rings is 3. The maximum atomic E-state index is 13.7. The topological polar surface area (TPSA) is 108 Å². The van der Waals surface area contributed by atoms with Gasteiger partial charge in [-0.15, -0.1) is 0 Å². The largest absolute Gasteiger partial charge is 0.509 e. The second kappa shape index (κ2) is 22.7. The average molecular weight is 822 g/mol. The summed E-state index contributed by atoms with van der Waals surface area (Å²) in [7, 11) is -3.12. The van der Waals surface area contributed by atoms with Gasteiger partial charge in [0, 0.05) is 7.98 Å². The molecule has 0 amide bonds. The fourth-order valence-corrected chi connectivity index (χ4v) is 11.7. The summed E-state index contributed by atoms with van der Waals surface area (Å²) >= 11 is 0. The maximum absolute atomic E-state index is 13.7. The lowest BCUT2D eigenvalue weighted by molar-refractivity contribution is -0.319. The second-order valence-corrected chi connectivity index (χ2v) is 21.4. The molecule has 58 heavy (non-hydrogen) atoms. The van der Waals surface area contributed by atoms with E-state index in [1.54, 1.807) is 27.7 Å². The van der Waals surface area contributed by atoms with E-state index in [4.69, 9.17) is 39.0 Å². The van der Waals surface area contributed by atoms with Crippen LogP contribution in [0.3, 0.4) is 0 Å². The van der Waals surface area contributed by atoms with Crippen LogP contribution in [0.25, 0.3) is 0 Å². The molecule has 1 aliphatic heterocycles. The molecule has 0 saturated carbocycles. The Morgan fingerprint density at radius 2 is 1.34 bits per heavy atom. The first-order chi connectivity index (χ1) is 28.2. The van der Waals surface area contributed by atoms with E-state index in [9.17, 15) is 9.59 Å². The van der Waals surface area contributed by atoms with Crippen molar-refractivity contribution in [1.29, 1.82) is 0 Å². The third-order valence-electron chi connectivity index (χ3n) is 9.98. The Balaban J connectivity index is 1.78. The van der Waals surface area contributed by atoms with Crippen LogP contribution in [0.5, 0.6) is 0 Å².